The number of nitrogens with zero attached hydrogens (tertiary/aromatic N) is 1. The van der Waals surface area contributed by atoms with Crippen LogP contribution in [0.2, 0.25) is 0 Å². The van der Waals surface area contributed by atoms with Gasteiger partial charge < -0.3 is 5.32 Å². The lowest BCUT2D eigenvalue weighted by Crippen LogP contribution is -2.43. The molecule has 0 heterocycles. The average Bonchev–Trinajstić information content (AvgIpc) is 2.01. The van der Waals surface area contributed by atoms with E-state index in [2.05, 4.69) is 11.9 Å². The second kappa shape index (κ2) is 6.09. The van der Waals surface area contributed by atoms with E-state index < -0.39 is 5.92 Å². The Balaban J connectivity index is 4.08. The Kier molecular flexibility index (Phi) is 5.88. The Labute approximate surface area is 85.0 Å². The summed E-state index contributed by atoms with van der Waals surface area (Å²) in [5, 5.41) is 2.49. The lowest BCUT2D eigenvalue weighted by molar-refractivity contribution is -0.0260. The molecule has 0 amide bonds. The normalized spacial score (nSPS) is 12.1. The van der Waals surface area contributed by atoms with Crippen molar-refractivity contribution in [1.82, 2.24) is 10.2 Å². The Hall–Kier alpha value is -0.480. The molecule has 0 aromatic rings. The molecule has 0 aliphatic heterocycles. The molecule has 1 N–H and O–H groups in total. The summed E-state index contributed by atoms with van der Waals surface area (Å²) >= 11 is 0. The monoisotopic (exact) mass is 206 g/mol. The van der Waals surface area contributed by atoms with Crippen molar-refractivity contribution >= 4 is 0 Å². The van der Waals surface area contributed by atoms with Gasteiger partial charge in [-0.15, -0.1) is 0 Å². The minimum atomic E-state index is -2.67. The van der Waals surface area contributed by atoms with Crippen molar-refractivity contribution in [2.75, 3.05) is 33.2 Å². The van der Waals surface area contributed by atoms with Crippen molar-refractivity contribution in [3.05, 3.63) is 12.2 Å². The van der Waals surface area contributed by atoms with E-state index in [0.717, 1.165) is 5.57 Å². The molecule has 0 aromatic heterocycles. The fourth-order valence-corrected chi connectivity index (χ4v) is 1.30. The smallest absolute Gasteiger partial charge is 0.272 e. The molecule has 0 saturated heterocycles. The fraction of sp³-hybridized carbons (Fsp3) is 0.800. The van der Waals surface area contributed by atoms with Gasteiger partial charge in [0.2, 0.25) is 0 Å². The zero-order valence-corrected chi connectivity index (χ0v) is 9.24. The quantitative estimate of drug-likeness (QED) is 0.638. The van der Waals surface area contributed by atoms with Gasteiger partial charge in [0.1, 0.15) is 0 Å². The Morgan fingerprint density at radius 3 is 2.43 bits per heavy atom. The molecule has 0 unspecified atom stereocenters. The summed E-state index contributed by atoms with van der Waals surface area (Å²) < 4.78 is 26.4. The molecule has 0 saturated carbocycles. The van der Waals surface area contributed by atoms with Crippen LogP contribution >= 0.6 is 0 Å². The largest absolute Gasteiger partial charge is 0.314 e. The van der Waals surface area contributed by atoms with E-state index >= 15 is 0 Å². The van der Waals surface area contributed by atoms with Crippen molar-refractivity contribution < 1.29 is 8.78 Å². The second-order valence-corrected chi connectivity index (χ2v) is 3.65. The van der Waals surface area contributed by atoms with Crippen LogP contribution in [0.5, 0.6) is 0 Å². The van der Waals surface area contributed by atoms with E-state index in [9.17, 15) is 8.78 Å². The first-order valence-corrected chi connectivity index (χ1v) is 4.80. The molecule has 0 atom stereocenters. The molecule has 0 spiro atoms. The predicted molar refractivity (Wildman–Crippen MR) is 55.8 cm³/mol. The van der Waals surface area contributed by atoms with Gasteiger partial charge in [-0.05, 0) is 20.5 Å². The van der Waals surface area contributed by atoms with Crippen LogP contribution in [0.15, 0.2) is 12.2 Å². The zero-order valence-electron chi connectivity index (χ0n) is 9.24. The molecular formula is C10H20F2N2. The maximum atomic E-state index is 13.2. The number of alkyl halides is 2. The van der Waals surface area contributed by atoms with Gasteiger partial charge in [0.05, 0.1) is 13.1 Å². The van der Waals surface area contributed by atoms with Gasteiger partial charge >= 0.3 is 0 Å². The van der Waals surface area contributed by atoms with E-state index in [1.807, 2.05) is 13.8 Å². The van der Waals surface area contributed by atoms with E-state index in [4.69, 9.17) is 0 Å². The Morgan fingerprint density at radius 2 is 2.07 bits per heavy atom. The van der Waals surface area contributed by atoms with Gasteiger partial charge in [0.15, 0.2) is 0 Å². The van der Waals surface area contributed by atoms with Crippen molar-refractivity contribution in [3.63, 3.8) is 0 Å². The minimum Gasteiger partial charge on any atom is -0.314 e. The number of hydrogen-bond acceptors (Lipinski definition) is 2. The molecule has 2 nitrogen and oxygen atoms in total. The summed E-state index contributed by atoms with van der Waals surface area (Å²) in [6.07, 6.45) is 0. The lowest BCUT2D eigenvalue weighted by atomic mass is 10.2. The third kappa shape index (κ3) is 6.05. The first-order chi connectivity index (χ1) is 6.41. The van der Waals surface area contributed by atoms with Crippen molar-refractivity contribution in [2.45, 2.75) is 19.8 Å². The van der Waals surface area contributed by atoms with E-state index in [-0.39, 0.29) is 13.1 Å². The topological polar surface area (TPSA) is 15.3 Å². The second-order valence-electron chi connectivity index (χ2n) is 3.65. The Morgan fingerprint density at radius 1 is 1.50 bits per heavy atom. The van der Waals surface area contributed by atoms with E-state index in [0.29, 0.717) is 13.1 Å². The molecule has 0 aromatic carbocycles. The molecule has 4 heteroatoms. The highest BCUT2D eigenvalue weighted by Crippen LogP contribution is 2.14. The van der Waals surface area contributed by atoms with Crippen molar-refractivity contribution in [2.24, 2.45) is 0 Å². The molecule has 0 bridgehead atoms. The van der Waals surface area contributed by atoms with Crippen LogP contribution in [-0.4, -0.2) is 44.0 Å². The summed E-state index contributed by atoms with van der Waals surface area (Å²) in [6, 6.07) is 0. The highest BCUT2D eigenvalue weighted by atomic mass is 19.3. The lowest BCUT2D eigenvalue weighted by Gasteiger charge is -2.26. The van der Waals surface area contributed by atoms with Crippen LogP contribution in [0.4, 0.5) is 8.78 Å². The highest BCUT2D eigenvalue weighted by molar-refractivity contribution is 4.92. The van der Waals surface area contributed by atoms with Crippen molar-refractivity contribution in [3.8, 4) is 0 Å². The Bertz CT molecular complexity index is 181. The molecular weight excluding hydrogens is 186 g/mol. The summed E-state index contributed by atoms with van der Waals surface area (Å²) in [5.74, 6) is -2.67. The number of likely N-dealkylation sites (N-methyl/N-ethyl adjacent to an activating group) is 1. The van der Waals surface area contributed by atoms with Gasteiger partial charge in [0.25, 0.3) is 5.92 Å². The maximum absolute atomic E-state index is 13.2. The SMILES string of the molecule is C=C(C)CN(CC)CC(F)(F)CNC. The summed E-state index contributed by atoms with van der Waals surface area (Å²) in [5.41, 5.74) is 0.909. The molecule has 0 fully saturated rings. The summed E-state index contributed by atoms with van der Waals surface area (Å²) in [6.45, 7) is 8.10. The van der Waals surface area contributed by atoms with Crippen LogP contribution in [0.25, 0.3) is 0 Å². The number of rotatable bonds is 7. The number of hydrogen-bond donors (Lipinski definition) is 1. The molecule has 0 rings (SSSR count). The van der Waals surface area contributed by atoms with Crippen LogP contribution in [-0.2, 0) is 0 Å². The van der Waals surface area contributed by atoms with Gasteiger partial charge in [-0.3, -0.25) is 4.90 Å². The van der Waals surface area contributed by atoms with Crippen LogP contribution in [0.1, 0.15) is 13.8 Å². The molecule has 0 aliphatic rings. The zero-order chi connectivity index (χ0) is 11.2. The van der Waals surface area contributed by atoms with Crippen LogP contribution in [0, 0.1) is 0 Å². The first kappa shape index (κ1) is 13.5. The molecule has 14 heavy (non-hydrogen) atoms. The average molecular weight is 206 g/mol. The maximum Gasteiger partial charge on any atom is 0.272 e. The third-order valence-electron chi connectivity index (χ3n) is 1.83. The third-order valence-corrected chi connectivity index (χ3v) is 1.83. The summed E-state index contributed by atoms with van der Waals surface area (Å²) in [7, 11) is 1.53. The predicted octanol–water partition coefficient (Wildman–Crippen LogP) is 1.74. The fourth-order valence-electron chi connectivity index (χ4n) is 1.30. The van der Waals surface area contributed by atoms with Gasteiger partial charge in [-0.1, -0.05) is 19.1 Å². The minimum absolute atomic E-state index is 0.211. The van der Waals surface area contributed by atoms with E-state index in [1.54, 1.807) is 4.90 Å². The summed E-state index contributed by atoms with van der Waals surface area (Å²) in [4.78, 5) is 1.69. The standard InChI is InChI=1S/C10H20F2N2/c1-5-14(6-9(2)3)8-10(11,12)7-13-4/h13H,2,5-8H2,1,3-4H3. The highest BCUT2D eigenvalue weighted by Gasteiger charge is 2.30. The van der Waals surface area contributed by atoms with Crippen LogP contribution < -0.4 is 5.32 Å². The van der Waals surface area contributed by atoms with Crippen LogP contribution in [0.3, 0.4) is 0 Å². The number of halogens is 2. The molecule has 0 radical (unpaired) electrons. The van der Waals surface area contributed by atoms with Gasteiger partial charge in [-0.2, -0.15) is 0 Å². The first-order valence-electron chi connectivity index (χ1n) is 4.80. The molecule has 0 aliphatic carbocycles. The molecule has 84 valence electrons. The number of nitrogens with one attached hydrogen (secondary N) is 1. The van der Waals surface area contributed by atoms with Gasteiger partial charge in [-0.25, -0.2) is 8.78 Å². The van der Waals surface area contributed by atoms with Crippen molar-refractivity contribution in [1.29, 1.82) is 0 Å². The van der Waals surface area contributed by atoms with Gasteiger partial charge in [0, 0.05) is 6.54 Å². The van der Waals surface area contributed by atoms with E-state index in [1.165, 1.54) is 7.05 Å².